The molecular formula is H15CoIN8+. The third kappa shape index (κ3) is 3750. The van der Waals surface area contributed by atoms with Gasteiger partial charge in [-0.15, -0.1) is 0 Å². The molecular weight excluding hydrogens is 298 g/mol. The van der Waals surface area contributed by atoms with Crippen molar-refractivity contribution in [3.8, 4) is 0 Å². The molecule has 0 atom stereocenters. The van der Waals surface area contributed by atoms with Gasteiger partial charge in [0.25, 0.3) is 0 Å². The van der Waals surface area contributed by atoms with E-state index in [1.165, 1.54) is 4.91 Å². The predicted octanol–water partition coefficient (Wildman–Crippen LogP) is -1.32. The summed E-state index contributed by atoms with van der Waals surface area (Å²) in [5.74, 6) is 0. The molecule has 0 heterocycles. The monoisotopic (exact) mass is 313 g/mol. The van der Waals surface area contributed by atoms with Crippen LogP contribution < -0.4 is 54.7 Å². The molecule has 0 bridgehead atoms. The molecule has 0 saturated carbocycles. The van der Waals surface area contributed by atoms with Crippen LogP contribution in [0.5, 0.6) is 0 Å². The fraction of sp³-hybridized carbons (Fsp3) is 0. The van der Waals surface area contributed by atoms with Crippen molar-refractivity contribution in [2.24, 2.45) is 0 Å². The van der Waals surface area contributed by atoms with Crippen molar-refractivity contribution < 1.29 is 40.8 Å². The normalized spacial score (nSPS) is 0.800. The number of hydrogen-bond donors (Lipinski definition) is 5. The van der Waals surface area contributed by atoms with E-state index in [-0.39, 0.29) is 71.5 Å². The maximum Gasteiger partial charge on any atom is 3.00 e. The first-order valence-electron chi connectivity index (χ1n) is 0.400. The van der Waals surface area contributed by atoms with Gasteiger partial charge < -0.3 is 65.8 Å². The largest absolute Gasteiger partial charge is 3.00 e. The van der Waals surface area contributed by atoms with Crippen LogP contribution in [0, 0.1) is 0 Å². The summed E-state index contributed by atoms with van der Waals surface area (Å²) in [6.45, 7) is 0. The molecule has 0 rings (SSSR count). The molecule has 0 amide bonds. The molecule has 0 spiro atoms. The van der Waals surface area contributed by atoms with E-state index in [4.69, 9.17) is 11.1 Å². The Hall–Kier alpha value is 0.346. The quantitative estimate of drug-likeness (QED) is 0.158. The fourth-order valence-corrected chi connectivity index (χ4v) is 0. The molecule has 15 N–H and O–H groups in total. The average Bonchev–Trinajstić information content (AvgIpc) is 0.918. The summed E-state index contributed by atoms with van der Waals surface area (Å²) in [4.78, 5) is 1.50. The Morgan fingerprint density at radius 2 is 0.700 bits per heavy atom. The van der Waals surface area contributed by atoms with Crippen LogP contribution in [-0.4, -0.2) is 0 Å². The Labute approximate surface area is 87.4 Å². The van der Waals surface area contributed by atoms with Gasteiger partial charge >= 0.3 is 16.8 Å². The maximum atomic E-state index is 6.75. The molecule has 10 heteroatoms. The van der Waals surface area contributed by atoms with E-state index in [1.807, 2.05) is 0 Å². The van der Waals surface area contributed by atoms with Crippen LogP contribution in [0.1, 0.15) is 0 Å². The van der Waals surface area contributed by atoms with Gasteiger partial charge in [-0.1, -0.05) is 0 Å². The van der Waals surface area contributed by atoms with Crippen molar-refractivity contribution in [3.63, 3.8) is 0 Å². The fourth-order valence-electron chi connectivity index (χ4n) is 0. The van der Waals surface area contributed by atoms with Crippen molar-refractivity contribution in [1.29, 1.82) is 0 Å². The molecule has 0 aliphatic carbocycles. The maximum absolute atomic E-state index is 6.75. The Bertz CT molecular complexity index is 30.2. The van der Waals surface area contributed by atoms with E-state index in [0.717, 1.165) is 0 Å². The third-order valence-corrected chi connectivity index (χ3v) is 0. The zero-order valence-electron chi connectivity index (χ0n) is 5.59. The second kappa shape index (κ2) is 359. The van der Waals surface area contributed by atoms with E-state index in [2.05, 4.69) is 0 Å². The first kappa shape index (κ1) is 164. The minimum atomic E-state index is 0. The molecule has 0 aliphatic rings. The van der Waals surface area contributed by atoms with Gasteiger partial charge in [-0.05, 0) is 0 Å². The summed E-state index contributed by atoms with van der Waals surface area (Å²) in [7, 11) is 0. The molecule has 0 saturated heterocycles. The molecule has 10 heavy (non-hydrogen) atoms. The van der Waals surface area contributed by atoms with Crippen LogP contribution in [0.3, 0.4) is 0 Å². The molecule has 0 unspecified atom stereocenters. The van der Waals surface area contributed by atoms with Gasteiger partial charge in [0.1, 0.15) is 0 Å². The van der Waals surface area contributed by atoms with Gasteiger partial charge in [0.2, 0.25) is 0 Å². The van der Waals surface area contributed by atoms with Crippen LogP contribution in [0.2, 0.25) is 0 Å². The molecule has 0 aliphatic heterocycles. The average molecular weight is 313 g/mol. The topological polar surface area (TPSA) is 234 Å². The standard InChI is InChI=1S/Co.HI.N3.5H3N/c;;1-3-2;;;;;/h;1H;;5*1H3/q+3;;-1;;;;;/p-1. The summed E-state index contributed by atoms with van der Waals surface area (Å²) in [5.41, 5.74) is 13.5. The SMILES string of the molecule is N.N.N.N.N.[Co+3].[I-].[N-]=[N+]=[N-]. The minimum absolute atomic E-state index is 0. The molecule has 70 valence electrons. The van der Waals surface area contributed by atoms with Crippen molar-refractivity contribution in [3.05, 3.63) is 16.0 Å². The van der Waals surface area contributed by atoms with Crippen LogP contribution in [0.25, 0.3) is 16.0 Å². The second-order valence-corrected chi connectivity index (χ2v) is 0.0894. The van der Waals surface area contributed by atoms with E-state index in [1.54, 1.807) is 0 Å². The summed E-state index contributed by atoms with van der Waals surface area (Å²) >= 11 is 0. The molecule has 0 aromatic carbocycles. The Kier molecular flexibility index (Phi) is 5900. The molecule has 8 nitrogen and oxygen atoms in total. The summed E-state index contributed by atoms with van der Waals surface area (Å²) in [6.07, 6.45) is 0. The van der Waals surface area contributed by atoms with Crippen LogP contribution in [0.4, 0.5) is 0 Å². The molecule has 0 radical (unpaired) electrons. The van der Waals surface area contributed by atoms with Gasteiger partial charge in [-0.3, -0.25) is 4.91 Å². The zero-order valence-corrected chi connectivity index (χ0v) is 8.79. The van der Waals surface area contributed by atoms with Gasteiger partial charge in [0.15, 0.2) is 0 Å². The van der Waals surface area contributed by atoms with Gasteiger partial charge in [-0.25, -0.2) is 0 Å². The Morgan fingerprint density at radius 3 is 0.700 bits per heavy atom. The van der Waals surface area contributed by atoms with E-state index in [0.29, 0.717) is 0 Å². The molecule has 0 fully saturated rings. The van der Waals surface area contributed by atoms with Crippen molar-refractivity contribution in [2.75, 3.05) is 0 Å². The first-order chi connectivity index (χ1) is 1.41. The van der Waals surface area contributed by atoms with E-state index >= 15 is 0 Å². The van der Waals surface area contributed by atoms with Crippen LogP contribution in [-0.2, 0) is 16.8 Å². The van der Waals surface area contributed by atoms with Gasteiger partial charge in [0.05, 0.1) is 0 Å². The Morgan fingerprint density at radius 1 is 0.700 bits per heavy atom. The summed E-state index contributed by atoms with van der Waals surface area (Å²) in [6, 6.07) is 0. The summed E-state index contributed by atoms with van der Waals surface area (Å²) < 4.78 is 0. The van der Waals surface area contributed by atoms with E-state index in [9.17, 15) is 0 Å². The van der Waals surface area contributed by atoms with Crippen LogP contribution in [0.15, 0.2) is 0 Å². The van der Waals surface area contributed by atoms with E-state index < -0.39 is 0 Å². The summed E-state index contributed by atoms with van der Waals surface area (Å²) in [5, 5.41) is 0. The van der Waals surface area contributed by atoms with Crippen LogP contribution >= 0.6 is 0 Å². The minimum Gasteiger partial charge on any atom is -1.00 e. The number of halogens is 1. The zero-order chi connectivity index (χ0) is 2.71. The predicted molar refractivity (Wildman–Crippen MR) is 35.2 cm³/mol. The number of nitrogens with zero attached hydrogens (tertiary/aromatic N) is 3. The number of rotatable bonds is 0. The smallest absolute Gasteiger partial charge is 1.00 e. The van der Waals surface area contributed by atoms with Crippen molar-refractivity contribution in [1.82, 2.24) is 30.8 Å². The Balaban J connectivity index is -0.000000000952. The third-order valence-electron chi connectivity index (χ3n) is 0. The molecule has 0 aromatic rings. The molecule has 0 aromatic heterocycles. The number of hydrogen-bond acceptors (Lipinski definition) is 5. The van der Waals surface area contributed by atoms with Gasteiger partial charge in [-0.2, -0.15) is 0 Å². The van der Waals surface area contributed by atoms with Crippen molar-refractivity contribution >= 4 is 0 Å². The second-order valence-electron chi connectivity index (χ2n) is 0.0894. The van der Waals surface area contributed by atoms with Gasteiger partial charge in [0, 0.05) is 0 Å². The first-order valence-corrected chi connectivity index (χ1v) is 0.400. The van der Waals surface area contributed by atoms with Crippen molar-refractivity contribution in [2.45, 2.75) is 0 Å².